The van der Waals surface area contributed by atoms with Crippen molar-refractivity contribution in [1.82, 2.24) is 5.32 Å². The van der Waals surface area contributed by atoms with Gasteiger partial charge in [-0.1, -0.05) is 25.1 Å². The van der Waals surface area contributed by atoms with Gasteiger partial charge >= 0.3 is 5.97 Å². The van der Waals surface area contributed by atoms with Crippen molar-refractivity contribution in [3.05, 3.63) is 47.3 Å². The normalized spacial score (nSPS) is 12.4. The molecule has 0 aliphatic heterocycles. The fourth-order valence-corrected chi connectivity index (χ4v) is 4.13. The third-order valence-corrected chi connectivity index (χ3v) is 6.15. The molecule has 0 spiro atoms. The third-order valence-electron chi connectivity index (χ3n) is 3.37. The van der Waals surface area contributed by atoms with E-state index in [1.54, 1.807) is 42.6 Å². The average Bonchev–Trinajstić information content (AvgIpc) is 3.09. The van der Waals surface area contributed by atoms with Gasteiger partial charge in [-0.3, -0.25) is 9.52 Å². The summed E-state index contributed by atoms with van der Waals surface area (Å²) < 4.78 is 26.9. The van der Waals surface area contributed by atoms with Gasteiger partial charge < -0.3 is 10.4 Å². The summed E-state index contributed by atoms with van der Waals surface area (Å²) in [5, 5.41) is 13.0. The van der Waals surface area contributed by atoms with E-state index in [1.807, 2.05) is 0 Å². The number of sulfonamides is 1. The maximum absolute atomic E-state index is 12.1. The van der Waals surface area contributed by atoms with E-state index in [0.29, 0.717) is 17.7 Å². The Balaban J connectivity index is 1.98. The number of aliphatic carboxylic acids is 1. The molecule has 25 heavy (non-hydrogen) atoms. The Kier molecular flexibility index (Phi) is 6.16. The van der Waals surface area contributed by atoms with Gasteiger partial charge in [-0.25, -0.2) is 13.2 Å². The number of amides is 1. The molecule has 0 aliphatic carbocycles. The molecule has 0 bridgehead atoms. The van der Waals surface area contributed by atoms with Gasteiger partial charge in [-0.05, 0) is 35.6 Å². The van der Waals surface area contributed by atoms with Crippen LogP contribution in [0.5, 0.6) is 0 Å². The molecule has 0 saturated carbocycles. The van der Waals surface area contributed by atoms with Crippen molar-refractivity contribution >= 4 is 38.9 Å². The molecule has 3 N–H and O–H groups in total. The molecular formula is C16H18N2O5S2. The predicted octanol–water partition coefficient (Wildman–Crippen LogP) is 2.07. The Hall–Kier alpha value is -2.39. The van der Waals surface area contributed by atoms with Crippen LogP contribution in [0.1, 0.15) is 18.9 Å². The van der Waals surface area contributed by atoms with Crippen LogP contribution in [0.2, 0.25) is 0 Å². The number of anilines is 1. The van der Waals surface area contributed by atoms with Crippen molar-refractivity contribution in [3.63, 3.8) is 0 Å². The molecule has 2 rings (SSSR count). The van der Waals surface area contributed by atoms with Crippen LogP contribution in [0.3, 0.4) is 0 Å². The summed E-state index contributed by atoms with van der Waals surface area (Å²) in [6.07, 6.45) is 0.312. The molecule has 2 aromatic rings. The van der Waals surface area contributed by atoms with E-state index >= 15 is 0 Å². The summed E-state index contributed by atoms with van der Waals surface area (Å²) in [6.45, 7) is 1.67. The smallest absolute Gasteiger partial charge is 0.326 e. The first-order valence-corrected chi connectivity index (χ1v) is 9.85. The monoisotopic (exact) mass is 382 g/mol. The standard InChI is InChI=1S/C16H18N2O5S2/c1-2-13(16(20)21)17-14(19)10-11-5-7-12(8-6-11)18-25(22,23)15-4-3-9-24-15/h3-9,13,18H,2,10H2,1H3,(H,17,19)(H,20,21). The number of rotatable bonds is 8. The van der Waals surface area contributed by atoms with Crippen molar-refractivity contribution in [2.75, 3.05) is 4.72 Å². The molecule has 1 amide bonds. The van der Waals surface area contributed by atoms with Gasteiger partial charge in [-0.15, -0.1) is 11.3 Å². The van der Waals surface area contributed by atoms with E-state index in [4.69, 9.17) is 5.11 Å². The van der Waals surface area contributed by atoms with Gasteiger partial charge in [0.2, 0.25) is 5.91 Å². The van der Waals surface area contributed by atoms with Crippen molar-refractivity contribution in [2.24, 2.45) is 0 Å². The molecule has 0 radical (unpaired) electrons. The molecule has 0 saturated heterocycles. The lowest BCUT2D eigenvalue weighted by Crippen LogP contribution is -2.40. The number of thiophene rings is 1. The lowest BCUT2D eigenvalue weighted by Gasteiger charge is -2.12. The second-order valence-electron chi connectivity index (χ2n) is 5.28. The van der Waals surface area contributed by atoms with Gasteiger partial charge in [0.15, 0.2) is 0 Å². The number of carbonyl (C=O) groups excluding carboxylic acids is 1. The Labute approximate surface area is 149 Å². The van der Waals surface area contributed by atoms with Crippen LogP contribution >= 0.6 is 11.3 Å². The summed E-state index contributed by atoms with van der Waals surface area (Å²) in [5.41, 5.74) is 1.03. The molecule has 0 aliphatic rings. The van der Waals surface area contributed by atoms with Gasteiger partial charge in [0.25, 0.3) is 10.0 Å². The molecule has 9 heteroatoms. The van der Waals surface area contributed by atoms with E-state index in [0.717, 1.165) is 11.3 Å². The van der Waals surface area contributed by atoms with Crippen LogP contribution in [0, 0.1) is 0 Å². The first-order chi connectivity index (χ1) is 11.8. The molecule has 1 aromatic carbocycles. The highest BCUT2D eigenvalue weighted by Gasteiger charge is 2.18. The minimum atomic E-state index is -3.61. The molecule has 1 heterocycles. The third kappa shape index (κ3) is 5.30. The van der Waals surface area contributed by atoms with Gasteiger partial charge in [-0.2, -0.15) is 0 Å². The van der Waals surface area contributed by atoms with E-state index in [9.17, 15) is 18.0 Å². The van der Waals surface area contributed by atoms with Crippen LogP contribution in [-0.2, 0) is 26.0 Å². The number of carboxylic acid groups (broad SMARTS) is 1. The van der Waals surface area contributed by atoms with Crippen molar-refractivity contribution in [3.8, 4) is 0 Å². The zero-order valence-electron chi connectivity index (χ0n) is 13.4. The maximum atomic E-state index is 12.1. The highest BCUT2D eigenvalue weighted by Crippen LogP contribution is 2.20. The number of carboxylic acids is 1. The second-order valence-corrected chi connectivity index (χ2v) is 8.13. The van der Waals surface area contributed by atoms with Gasteiger partial charge in [0.05, 0.1) is 6.42 Å². The van der Waals surface area contributed by atoms with E-state index in [1.165, 1.54) is 6.07 Å². The van der Waals surface area contributed by atoms with Crippen LogP contribution in [-0.4, -0.2) is 31.4 Å². The fourth-order valence-electron chi connectivity index (χ4n) is 2.08. The zero-order valence-corrected chi connectivity index (χ0v) is 15.1. The lowest BCUT2D eigenvalue weighted by atomic mass is 10.1. The van der Waals surface area contributed by atoms with Crippen molar-refractivity contribution < 1.29 is 23.1 Å². The Morgan fingerprint density at radius 1 is 1.20 bits per heavy atom. The van der Waals surface area contributed by atoms with Gasteiger partial charge in [0, 0.05) is 5.69 Å². The van der Waals surface area contributed by atoms with Crippen molar-refractivity contribution in [1.29, 1.82) is 0 Å². The van der Waals surface area contributed by atoms with E-state index in [-0.39, 0.29) is 10.6 Å². The zero-order chi connectivity index (χ0) is 18.4. The number of hydrogen-bond acceptors (Lipinski definition) is 5. The second kappa shape index (κ2) is 8.13. The lowest BCUT2D eigenvalue weighted by molar-refractivity contribution is -0.141. The summed E-state index contributed by atoms with van der Waals surface area (Å²) in [4.78, 5) is 22.8. The number of nitrogens with one attached hydrogen (secondary N) is 2. The number of benzene rings is 1. The van der Waals surface area contributed by atoms with Crippen LogP contribution < -0.4 is 10.0 Å². The molecule has 0 fully saturated rings. The Morgan fingerprint density at radius 3 is 2.40 bits per heavy atom. The fraction of sp³-hybridized carbons (Fsp3) is 0.250. The first kappa shape index (κ1) is 18.9. The Morgan fingerprint density at radius 2 is 1.88 bits per heavy atom. The van der Waals surface area contributed by atoms with Crippen LogP contribution in [0.25, 0.3) is 0 Å². The SMILES string of the molecule is CCC(NC(=O)Cc1ccc(NS(=O)(=O)c2cccs2)cc1)C(=O)O. The highest BCUT2D eigenvalue weighted by atomic mass is 32.2. The highest BCUT2D eigenvalue weighted by molar-refractivity contribution is 7.94. The number of carbonyl (C=O) groups is 2. The molecule has 1 unspecified atom stereocenters. The van der Waals surface area contributed by atoms with Crippen LogP contribution in [0.4, 0.5) is 5.69 Å². The molecule has 7 nitrogen and oxygen atoms in total. The van der Waals surface area contributed by atoms with E-state index in [2.05, 4.69) is 10.0 Å². The largest absolute Gasteiger partial charge is 0.480 e. The minimum Gasteiger partial charge on any atom is -0.480 e. The Bertz CT molecular complexity index is 830. The first-order valence-electron chi connectivity index (χ1n) is 7.49. The average molecular weight is 382 g/mol. The molecule has 1 aromatic heterocycles. The van der Waals surface area contributed by atoms with E-state index < -0.39 is 27.9 Å². The molecule has 134 valence electrons. The summed E-state index contributed by atoms with van der Waals surface area (Å²) in [5.74, 6) is -1.48. The summed E-state index contributed by atoms with van der Waals surface area (Å²) in [7, 11) is -3.61. The number of hydrogen-bond donors (Lipinski definition) is 3. The topological polar surface area (TPSA) is 113 Å². The quantitative estimate of drug-likeness (QED) is 0.647. The molecule has 1 atom stereocenters. The van der Waals surface area contributed by atoms with Crippen LogP contribution in [0.15, 0.2) is 46.0 Å². The minimum absolute atomic E-state index is 0.0156. The maximum Gasteiger partial charge on any atom is 0.326 e. The predicted molar refractivity (Wildman–Crippen MR) is 95.1 cm³/mol. The van der Waals surface area contributed by atoms with Crippen molar-refractivity contribution in [2.45, 2.75) is 30.0 Å². The molecular weight excluding hydrogens is 364 g/mol. The van der Waals surface area contributed by atoms with Gasteiger partial charge in [0.1, 0.15) is 10.3 Å². The summed E-state index contributed by atoms with van der Waals surface area (Å²) >= 11 is 1.12. The summed E-state index contributed by atoms with van der Waals surface area (Å²) in [6, 6.07) is 8.61.